The fourth-order valence-corrected chi connectivity index (χ4v) is 3.61. The maximum Gasteiger partial charge on any atom is 0.260 e. The molecule has 4 aromatic rings. The molecule has 0 aliphatic heterocycles. The number of hydrogen-bond acceptors (Lipinski definition) is 4. The minimum atomic E-state index is -0.157. The molecular weight excluding hydrogens is 448 g/mol. The number of nitriles is 1. The lowest BCUT2D eigenvalue weighted by atomic mass is 10.1. The molecule has 0 saturated carbocycles. The smallest absolute Gasteiger partial charge is 0.260 e. The van der Waals surface area contributed by atoms with Gasteiger partial charge in [-0.1, -0.05) is 54.1 Å². The molecule has 0 bridgehead atoms. The van der Waals surface area contributed by atoms with E-state index in [4.69, 9.17) is 26.7 Å². The van der Waals surface area contributed by atoms with E-state index in [1.54, 1.807) is 24.1 Å². The third kappa shape index (κ3) is 5.64. The largest absolute Gasteiger partial charge is 0.484 e. The molecule has 3 aromatic carbocycles. The highest BCUT2D eigenvalue weighted by molar-refractivity contribution is 6.30. The Hall–Kier alpha value is -4.08. The average Bonchev–Trinajstić information content (AvgIpc) is 3.28. The maximum atomic E-state index is 12.8. The number of para-hydroxylation sites is 1. The number of carbonyl (C=O) groups excluding carboxylic acids is 1. The first kappa shape index (κ1) is 23.1. The van der Waals surface area contributed by atoms with Crippen molar-refractivity contribution in [2.24, 2.45) is 0 Å². The van der Waals surface area contributed by atoms with Crippen LogP contribution < -0.4 is 4.74 Å². The topological polar surface area (TPSA) is 71.2 Å². The van der Waals surface area contributed by atoms with E-state index in [2.05, 4.69) is 6.07 Å². The lowest BCUT2D eigenvalue weighted by Gasteiger charge is -2.17. The molecule has 1 heterocycles. The van der Waals surface area contributed by atoms with Gasteiger partial charge in [0.1, 0.15) is 5.75 Å². The Labute approximate surface area is 203 Å². The van der Waals surface area contributed by atoms with Crippen LogP contribution in [0.25, 0.3) is 16.9 Å². The first-order chi connectivity index (χ1) is 16.5. The first-order valence-corrected chi connectivity index (χ1v) is 11.1. The van der Waals surface area contributed by atoms with E-state index in [-0.39, 0.29) is 12.5 Å². The van der Waals surface area contributed by atoms with Crippen LogP contribution in [0.3, 0.4) is 0 Å². The number of hydrogen-bond donors (Lipinski definition) is 0. The van der Waals surface area contributed by atoms with Crippen LogP contribution in [0, 0.1) is 11.3 Å². The van der Waals surface area contributed by atoms with Crippen molar-refractivity contribution in [2.75, 3.05) is 13.7 Å². The van der Waals surface area contributed by atoms with Crippen LogP contribution in [0.2, 0.25) is 5.02 Å². The van der Waals surface area contributed by atoms with E-state index in [0.717, 1.165) is 28.1 Å². The van der Waals surface area contributed by atoms with Crippen molar-refractivity contribution in [1.29, 1.82) is 5.26 Å². The molecule has 0 unspecified atom stereocenters. The van der Waals surface area contributed by atoms with Gasteiger partial charge in [0.2, 0.25) is 0 Å². The fourth-order valence-electron chi connectivity index (χ4n) is 3.48. The van der Waals surface area contributed by atoms with E-state index >= 15 is 0 Å². The van der Waals surface area contributed by atoms with Gasteiger partial charge in [0.15, 0.2) is 6.61 Å². The van der Waals surface area contributed by atoms with Crippen LogP contribution in [-0.2, 0) is 17.8 Å². The van der Waals surface area contributed by atoms with Gasteiger partial charge in [-0.2, -0.15) is 10.4 Å². The summed E-state index contributed by atoms with van der Waals surface area (Å²) in [6.45, 7) is 0.283. The number of halogens is 1. The molecule has 6 nitrogen and oxygen atoms in total. The Kier molecular flexibility index (Phi) is 7.26. The molecule has 7 heteroatoms. The van der Waals surface area contributed by atoms with Gasteiger partial charge in [0.25, 0.3) is 5.91 Å². The third-order valence-corrected chi connectivity index (χ3v) is 5.58. The number of rotatable bonds is 8. The molecular formula is C27H23ClN4O2. The first-order valence-electron chi connectivity index (χ1n) is 10.8. The van der Waals surface area contributed by atoms with E-state index in [0.29, 0.717) is 23.7 Å². The monoisotopic (exact) mass is 470 g/mol. The van der Waals surface area contributed by atoms with Crippen molar-refractivity contribution in [3.8, 4) is 28.8 Å². The van der Waals surface area contributed by atoms with Crippen LogP contribution in [0.4, 0.5) is 0 Å². The molecule has 4 rings (SSSR count). The fraction of sp³-hybridized carbons (Fsp3) is 0.148. The Balaban J connectivity index is 1.50. The number of nitrogens with zero attached hydrogens (tertiary/aromatic N) is 4. The van der Waals surface area contributed by atoms with E-state index in [1.165, 1.54) is 0 Å². The molecule has 1 aromatic heterocycles. The number of likely N-dealkylation sites (N-methyl/N-ethyl adjacent to an activating group) is 1. The predicted molar refractivity (Wildman–Crippen MR) is 132 cm³/mol. The molecule has 0 spiro atoms. The second kappa shape index (κ2) is 10.7. The van der Waals surface area contributed by atoms with Gasteiger partial charge in [0.05, 0.1) is 23.9 Å². The molecule has 0 aliphatic rings. The molecule has 34 heavy (non-hydrogen) atoms. The van der Waals surface area contributed by atoms with Gasteiger partial charge >= 0.3 is 0 Å². The van der Waals surface area contributed by atoms with Gasteiger partial charge in [-0.25, -0.2) is 4.68 Å². The zero-order chi connectivity index (χ0) is 23.9. The summed E-state index contributed by atoms with van der Waals surface area (Å²) in [4.78, 5) is 14.4. The normalized spacial score (nSPS) is 10.5. The minimum Gasteiger partial charge on any atom is -0.484 e. The molecule has 0 aliphatic carbocycles. The van der Waals surface area contributed by atoms with E-state index < -0.39 is 0 Å². The molecule has 1 amide bonds. The van der Waals surface area contributed by atoms with Gasteiger partial charge in [-0.15, -0.1) is 0 Å². The molecule has 0 fully saturated rings. The van der Waals surface area contributed by atoms with Crippen molar-refractivity contribution in [2.45, 2.75) is 13.0 Å². The zero-order valence-electron chi connectivity index (χ0n) is 18.7. The van der Waals surface area contributed by atoms with Crippen LogP contribution >= 0.6 is 11.6 Å². The molecule has 0 saturated heterocycles. The SMILES string of the molecule is CN(Cc1cn(-c2ccccc2)nc1-c1ccc(Cl)cc1)C(=O)COc1ccc(CC#N)cc1. The van der Waals surface area contributed by atoms with Crippen molar-refractivity contribution in [3.63, 3.8) is 0 Å². The quantitative estimate of drug-likeness (QED) is 0.350. The minimum absolute atomic E-state index is 0.0861. The molecule has 0 atom stereocenters. The summed E-state index contributed by atoms with van der Waals surface area (Å²) in [5.41, 5.74) is 4.45. The Morgan fingerprint density at radius 1 is 1.06 bits per heavy atom. The molecule has 170 valence electrons. The molecule has 0 N–H and O–H groups in total. The number of benzene rings is 3. The van der Waals surface area contributed by atoms with Gasteiger partial charge in [-0.05, 0) is 42.0 Å². The van der Waals surface area contributed by atoms with Crippen molar-refractivity contribution >= 4 is 17.5 Å². The van der Waals surface area contributed by atoms with E-state index in [1.807, 2.05) is 77.6 Å². The highest BCUT2D eigenvalue weighted by Gasteiger charge is 2.17. The van der Waals surface area contributed by atoms with Crippen LogP contribution in [0.5, 0.6) is 5.75 Å². The summed E-state index contributed by atoms with van der Waals surface area (Å²) in [7, 11) is 1.74. The Bertz CT molecular complexity index is 1290. The summed E-state index contributed by atoms with van der Waals surface area (Å²) in [5, 5.41) is 14.2. The average molecular weight is 471 g/mol. The van der Waals surface area contributed by atoms with Crippen molar-refractivity contribution < 1.29 is 9.53 Å². The summed E-state index contributed by atoms with van der Waals surface area (Å²) >= 11 is 6.07. The standard InChI is InChI=1S/C27H23ClN4O2/c1-31(26(33)19-34-25-13-7-20(8-14-25)15-16-29)17-22-18-32(24-5-3-2-4-6-24)30-27(22)21-9-11-23(28)12-10-21/h2-14,18H,15,17,19H2,1H3. The van der Waals surface area contributed by atoms with E-state index in [9.17, 15) is 4.79 Å². The number of aromatic nitrogens is 2. The highest BCUT2D eigenvalue weighted by Crippen LogP contribution is 2.26. The van der Waals surface area contributed by atoms with Gasteiger partial charge in [0, 0.05) is 35.9 Å². The lowest BCUT2D eigenvalue weighted by Crippen LogP contribution is -2.31. The van der Waals surface area contributed by atoms with Crippen LogP contribution in [-0.4, -0.2) is 34.2 Å². The van der Waals surface area contributed by atoms with Crippen LogP contribution in [0.15, 0.2) is 85.1 Å². The number of carbonyl (C=O) groups is 1. The summed E-state index contributed by atoms with van der Waals surface area (Å²) in [6.07, 6.45) is 2.28. The summed E-state index contributed by atoms with van der Waals surface area (Å²) in [6, 6.07) is 26.6. The lowest BCUT2D eigenvalue weighted by molar-refractivity contribution is -0.132. The highest BCUT2D eigenvalue weighted by atomic mass is 35.5. The number of amides is 1. The third-order valence-electron chi connectivity index (χ3n) is 5.33. The molecule has 0 radical (unpaired) electrons. The van der Waals surface area contributed by atoms with Crippen molar-refractivity contribution in [3.05, 3.63) is 101 Å². The summed E-state index contributed by atoms with van der Waals surface area (Å²) in [5.74, 6) is 0.429. The predicted octanol–water partition coefficient (Wildman–Crippen LogP) is 5.30. The second-order valence-electron chi connectivity index (χ2n) is 7.81. The second-order valence-corrected chi connectivity index (χ2v) is 8.24. The van der Waals surface area contributed by atoms with Gasteiger partial charge in [-0.3, -0.25) is 4.79 Å². The maximum absolute atomic E-state index is 12.8. The van der Waals surface area contributed by atoms with Crippen molar-refractivity contribution in [1.82, 2.24) is 14.7 Å². The Morgan fingerprint density at radius 3 is 2.44 bits per heavy atom. The zero-order valence-corrected chi connectivity index (χ0v) is 19.4. The summed E-state index contributed by atoms with van der Waals surface area (Å²) < 4.78 is 7.47. The Morgan fingerprint density at radius 2 is 1.76 bits per heavy atom. The number of ether oxygens (including phenoxy) is 1. The van der Waals surface area contributed by atoms with Crippen LogP contribution in [0.1, 0.15) is 11.1 Å². The van der Waals surface area contributed by atoms with Gasteiger partial charge < -0.3 is 9.64 Å².